The van der Waals surface area contributed by atoms with Crippen LogP contribution in [0.2, 0.25) is 5.02 Å². The van der Waals surface area contributed by atoms with Gasteiger partial charge in [0, 0.05) is 17.8 Å². The molecule has 0 spiro atoms. The summed E-state index contributed by atoms with van der Waals surface area (Å²) in [7, 11) is 1.58. The van der Waals surface area contributed by atoms with Crippen molar-refractivity contribution in [2.45, 2.75) is 19.6 Å². The molecule has 126 valence electrons. The van der Waals surface area contributed by atoms with Gasteiger partial charge in [-0.15, -0.1) is 0 Å². The van der Waals surface area contributed by atoms with Gasteiger partial charge in [0.05, 0.1) is 12.2 Å². The Morgan fingerprint density at radius 3 is 2.54 bits per heavy atom. The molecular formula is C18H18ClNO4. The number of hydrogen-bond donors (Lipinski definition) is 1. The SMILES string of the molecule is COCc1cccc(C(=O)O[C@H](C)C(=O)Nc2ccc(Cl)cc2)c1. The summed E-state index contributed by atoms with van der Waals surface area (Å²) in [6.45, 7) is 1.91. The third-order valence-corrected chi connectivity index (χ3v) is 3.49. The summed E-state index contributed by atoms with van der Waals surface area (Å²) in [5, 5.41) is 3.24. The Labute approximate surface area is 145 Å². The van der Waals surface area contributed by atoms with E-state index in [1.54, 1.807) is 49.6 Å². The summed E-state index contributed by atoms with van der Waals surface area (Å²) in [5.74, 6) is -0.981. The zero-order valence-corrected chi connectivity index (χ0v) is 14.2. The number of nitrogens with one attached hydrogen (secondary N) is 1. The minimum atomic E-state index is -0.931. The lowest BCUT2D eigenvalue weighted by molar-refractivity contribution is -0.123. The Balaban J connectivity index is 1.96. The fraction of sp³-hybridized carbons (Fsp3) is 0.222. The molecule has 2 rings (SSSR count). The summed E-state index contributed by atoms with van der Waals surface area (Å²) in [6.07, 6.45) is -0.931. The molecule has 0 radical (unpaired) electrons. The first-order chi connectivity index (χ1) is 11.5. The molecule has 24 heavy (non-hydrogen) atoms. The van der Waals surface area contributed by atoms with Gasteiger partial charge in [-0.2, -0.15) is 0 Å². The minimum absolute atomic E-state index is 0.371. The molecule has 0 aromatic heterocycles. The predicted molar refractivity (Wildman–Crippen MR) is 92.1 cm³/mol. The van der Waals surface area contributed by atoms with E-state index in [4.69, 9.17) is 21.1 Å². The molecule has 0 aliphatic heterocycles. The van der Waals surface area contributed by atoms with Crippen LogP contribution in [-0.4, -0.2) is 25.1 Å². The highest BCUT2D eigenvalue weighted by molar-refractivity contribution is 6.30. The van der Waals surface area contributed by atoms with E-state index in [-0.39, 0.29) is 0 Å². The Morgan fingerprint density at radius 2 is 1.88 bits per heavy atom. The van der Waals surface area contributed by atoms with Crippen LogP contribution in [0.4, 0.5) is 5.69 Å². The molecule has 1 N–H and O–H groups in total. The third kappa shape index (κ3) is 5.08. The van der Waals surface area contributed by atoms with E-state index in [0.717, 1.165) is 5.56 Å². The second-order valence-corrected chi connectivity index (χ2v) is 5.61. The number of rotatable bonds is 6. The average Bonchev–Trinajstić information content (AvgIpc) is 2.57. The van der Waals surface area contributed by atoms with Crippen molar-refractivity contribution < 1.29 is 19.1 Å². The molecule has 0 saturated carbocycles. The van der Waals surface area contributed by atoms with Gasteiger partial charge in [0.15, 0.2) is 6.10 Å². The Morgan fingerprint density at radius 1 is 1.17 bits per heavy atom. The van der Waals surface area contributed by atoms with E-state index in [0.29, 0.717) is 22.9 Å². The normalized spacial score (nSPS) is 11.6. The molecule has 6 heteroatoms. The van der Waals surface area contributed by atoms with E-state index < -0.39 is 18.0 Å². The molecule has 0 aliphatic rings. The number of esters is 1. The van der Waals surface area contributed by atoms with E-state index in [2.05, 4.69) is 5.32 Å². The topological polar surface area (TPSA) is 64.6 Å². The number of halogens is 1. The van der Waals surface area contributed by atoms with Crippen LogP contribution in [-0.2, 0) is 20.9 Å². The standard InChI is InChI=1S/C18H18ClNO4/c1-12(17(21)20-16-8-6-15(19)7-9-16)24-18(22)14-5-3-4-13(10-14)11-23-2/h3-10,12H,11H2,1-2H3,(H,20,21)/t12-/m1/s1. The summed E-state index contributed by atoms with van der Waals surface area (Å²) in [4.78, 5) is 24.2. The zero-order valence-electron chi connectivity index (χ0n) is 13.4. The number of hydrogen-bond acceptors (Lipinski definition) is 4. The molecule has 0 saturated heterocycles. The molecule has 0 unspecified atom stereocenters. The van der Waals surface area contributed by atoms with Crippen molar-refractivity contribution in [2.75, 3.05) is 12.4 Å². The third-order valence-electron chi connectivity index (χ3n) is 3.24. The molecule has 0 aliphatic carbocycles. The highest BCUT2D eigenvalue weighted by Gasteiger charge is 2.19. The van der Waals surface area contributed by atoms with Crippen LogP contribution >= 0.6 is 11.6 Å². The first kappa shape index (κ1) is 18.0. The highest BCUT2D eigenvalue weighted by Crippen LogP contribution is 2.14. The summed E-state index contributed by atoms with van der Waals surface area (Å²) in [6, 6.07) is 13.6. The molecule has 2 aromatic rings. The van der Waals surface area contributed by atoms with Crippen molar-refractivity contribution >= 4 is 29.2 Å². The monoisotopic (exact) mass is 347 g/mol. The van der Waals surface area contributed by atoms with Crippen molar-refractivity contribution in [2.24, 2.45) is 0 Å². The Hall–Kier alpha value is -2.37. The number of amides is 1. The maximum atomic E-state index is 12.2. The largest absolute Gasteiger partial charge is 0.449 e. The van der Waals surface area contributed by atoms with Crippen LogP contribution in [0.15, 0.2) is 48.5 Å². The van der Waals surface area contributed by atoms with E-state index in [1.807, 2.05) is 6.07 Å². The van der Waals surface area contributed by atoms with E-state index in [9.17, 15) is 9.59 Å². The number of carbonyl (C=O) groups is 2. The maximum absolute atomic E-state index is 12.2. The fourth-order valence-electron chi connectivity index (χ4n) is 2.01. The van der Waals surface area contributed by atoms with Crippen LogP contribution in [0.3, 0.4) is 0 Å². The average molecular weight is 348 g/mol. The van der Waals surface area contributed by atoms with Gasteiger partial charge in [0.25, 0.3) is 5.91 Å². The second-order valence-electron chi connectivity index (χ2n) is 5.18. The lowest BCUT2D eigenvalue weighted by atomic mass is 10.1. The van der Waals surface area contributed by atoms with Crippen LogP contribution < -0.4 is 5.32 Å². The van der Waals surface area contributed by atoms with Gasteiger partial charge in [-0.25, -0.2) is 4.79 Å². The summed E-state index contributed by atoms with van der Waals surface area (Å²) < 4.78 is 10.2. The van der Waals surface area contributed by atoms with Crippen molar-refractivity contribution in [1.82, 2.24) is 0 Å². The van der Waals surface area contributed by atoms with Gasteiger partial charge in [-0.3, -0.25) is 4.79 Å². The van der Waals surface area contributed by atoms with E-state index >= 15 is 0 Å². The van der Waals surface area contributed by atoms with E-state index in [1.165, 1.54) is 6.92 Å². The van der Waals surface area contributed by atoms with Crippen molar-refractivity contribution in [1.29, 1.82) is 0 Å². The Kier molecular flexibility index (Phi) is 6.35. The lowest BCUT2D eigenvalue weighted by Crippen LogP contribution is -2.30. The number of anilines is 1. The quantitative estimate of drug-likeness (QED) is 0.810. The van der Waals surface area contributed by atoms with Crippen LogP contribution in [0, 0.1) is 0 Å². The van der Waals surface area contributed by atoms with Gasteiger partial charge in [-0.05, 0) is 48.9 Å². The lowest BCUT2D eigenvalue weighted by Gasteiger charge is -2.14. The first-order valence-electron chi connectivity index (χ1n) is 7.35. The number of carbonyl (C=O) groups excluding carboxylic acids is 2. The molecule has 5 nitrogen and oxygen atoms in total. The second kappa shape index (κ2) is 8.47. The van der Waals surface area contributed by atoms with Crippen molar-refractivity contribution in [3.8, 4) is 0 Å². The molecule has 2 aromatic carbocycles. The number of ether oxygens (including phenoxy) is 2. The summed E-state index contributed by atoms with van der Waals surface area (Å²) >= 11 is 5.79. The zero-order chi connectivity index (χ0) is 17.5. The maximum Gasteiger partial charge on any atom is 0.338 e. The Bertz CT molecular complexity index is 715. The molecule has 1 atom stereocenters. The van der Waals surface area contributed by atoms with Crippen LogP contribution in [0.25, 0.3) is 0 Å². The smallest absolute Gasteiger partial charge is 0.338 e. The highest BCUT2D eigenvalue weighted by atomic mass is 35.5. The van der Waals surface area contributed by atoms with Gasteiger partial charge in [-0.1, -0.05) is 23.7 Å². The number of benzene rings is 2. The summed E-state index contributed by atoms with van der Waals surface area (Å²) in [5.41, 5.74) is 1.80. The van der Waals surface area contributed by atoms with Crippen molar-refractivity contribution in [3.63, 3.8) is 0 Å². The van der Waals surface area contributed by atoms with Gasteiger partial charge >= 0.3 is 5.97 Å². The molecule has 0 fully saturated rings. The molecular weight excluding hydrogens is 330 g/mol. The fourth-order valence-corrected chi connectivity index (χ4v) is 2.14. The first-order valence-corrected chi connectivity index (χ1v) is 7.72. The molecule has 1 amide bonds. The van der Waals surface area contributed by atoms with Gasteiger partial charge < -0.3 is 14.8 Å². The van der Waals surface area contributed by atoms with Gasteiger partial charge in [0.1, 0.15) is 0 Å². The minimum Gasteiger partial charge on any atom is -0.449 e. The van der Waals surface area contributed by atoms with Crippen LogP contribution in [0.1, 0.15) is 22.8 Å². The number of methoxy groups -OCH3 is 1. The van der Waals surface area contributed by atoms with Crippen molar-refractivity contribution in [3.05, 3.63) is 64.7 Å². The molecule has 0 heterocycles. The van der Waals surface area contributed by atoms with Crippen LogP contribution in [0.5, 0.6) is 0 Å². The van der Waals surface area contributed by atoms with Gasteiger partial charge in [0.2, 0.25) is 0 Å². The predicted octanol–water partition coefficient (Wildman–Crippen LogP) is 3.67. The molecule has 0 bridgehead atoms.